The molecule has 0 saturated carbocycles. The van der Waals surface area contributed by atoms with Gasteiger partial charge in [0.1, 0.15) is 11.2 Å². The van der Waals surface area contributed by atoms with Crippen molar-refractivity contribution in [1.82, 2.24) is 19.1 Å². The summed E-state index contributed by atoms with van der Waals surface area (Å²) in [5, 5.41) is 5.70. The fourth-order valence-electron chi connectivity index (χ4n) is 8.15. The Morgan fingerprint density at radius 1 is 0.455 bits per heavy atom. The summed E-state index contributed by atoms with van der Waals surface area (Å²) in [6, 6.07) is 34.7. The summed E-state index contributed by atoms with van der Waals surface area (Å²) in [5.41, 5.74) is 6.72. The van der Waals surface area contributed by atoms with Gasteiger partial charge in [-0.3, -0.25) is 4.57 Å². The van der Waals surface area contributed by atoms with Gasteiger partial charge in [-0.2, -0.15) is 0 Å². The number of benzene rings is 8. The minimum Gasteiger partial charge on any atom is -0.455 e. The summed E-state index contributed by atoms with van der Waals surface area (Å²) in [7, 11) is 0. The molecule has 0 aliphatic heterocycles. The third-order valence-electron chi connectivity index (χ3n) is 10.5. The molecule has 4 heterocycles. The molecule has 0 atom stereocenters. The lowest BCUT2D eigenvalue weighted by atomic mass is 10.00. The Kier molecular flexibility index (Phi) is 4.58. The van der Waals surface area contributed by atoms with Gasteiger partial charge in [0.05, 0.1) is 52.4 Å². The lowest BCUT2D eigenvalue weighted by Gasteiger charge is -2.12. The smallest absolute Gasteiger partial charge is 0.235 e. The van der Waals surface area contributed by atoms with Crippen LogP contribution >= 0.6 is 0 Å². The van der Waals surface area contributed by atoms with Gasteiger partial charge in [-0.15, -0.1) is 0 Å². The standard InChI is InChI=1S/C50H30N4O/c1-3-13-31(14-4-1)48-38-19-7-10-20-41(38)51-50(52-48)54-44-27-24-33(30-40(44)47-45(54)28-25-37-36-18-9-12-22-46(36)55-49(37)47)32-23-26-43-39(29-32)35-17-8-11-21-42(35)53(43)34-15-5-2-6-16-34/h1-30H/i1D,2D,3D,4D,5D,6D,13D,14D,15D,16D. The van der Waals surface area contributed by atoms with Gasteiger partial charge in [-0.1, -0.05) is 115 Å². The van der Waals surface area contributed by atoms with Gasteiger partial charge in [-0.05, 0) is 77.8 Å². The molecule has 0 spiro atoms. The Bertz CT molecular complexity index is 4040. The molecule has 0 saturated heterocycles. The largest absolute Gasteiger partial charge is 0.455 e. The molecule has 8 aromatic carbocycles. The van der Waals surface area contributed by atoms with Gasteiger partial charge in [0.25, 0.3) is 0 Å². The highest BCUT2D eigenvalue weighted by Crippen LogP contribution is 2.43. The Balaban J connectivity index is 1.14. The zero-order valence-electron chi connectivity index (χ0n) is 38.7. The fraction of sp³-hybridized carbons (Fsp3) is 0. The van der Waals surface area contributed by atoms with Crippen molar-refractivity contribution in [3.05, 3.63) is 182 Å². The number of nitrogens with zero attached hydrogens (tertiary/aromatic N) is 4. The lowest BCUT2D eigenvalue weighted by Crippen LogP contribution is -2.03. The quantitative estimate of drug-likeness (QED) is 0.182. The van der Waals surface area contributed by atoms with Crippen LogP contribution in [0, 0.1) is 0 Å². The molecule has 0 bridgehead atoms. The number of hydrogen-bond donors (Lipinski definition) is 0. The van der Waals surface area contributed by atoms with Crippen LogP contribution in [0.1, 0.15) is 13.7 Å². The van der Waals surface area contributed by atoms with Crippen LogP contribution in [-0.2, 0) is 0 Å². The predicted octanol–water partition coefficient (Wildman–Crippen LogP) is 13.1. The van der Waals surface area contributed by atoms with Crippen LogP contribution in [0.4, 0.5) is 0 Å². The second kappa shape index (κ2) is 11.5. The van der Waals surface area contributed by atoms with E-state index in [-0.39, 0.29) is 47.1 Å². The molecule has 0 aliphatic rings. The van der Waals surface area contributed by atoms with Crippen LogP contribution in [0.25, 0.3) is 110 Å². The average Bonchev–Trinajstić information content (AvgIpc) is 3.99. The van der Waals surface area contributed by atoms with Gasteiger partial charge in [0.15, 0.2) is 0 Å². The second-order valence-corrected chi connectivity index (χ2v) is 13.4. The molecule has 12 rings (SSSR count). The van der Waals surface area contributed by atoms with Crippen LogP contribution in [-0.4, -0.2) is 19.1 Å². The molecule has 0 aliphatic carbocycles. The van der Waals surface area contributed by atoms with E-state index >= 15 is 0 Å². The highest BCUT2D eigenvalue weighted by Gasteiger charge is 2.22. The van der Waals surface area contributed by atoms with Crippen LogP contribution in [0.3, 0.4) is 0 Å². The monoisotopic (exact) mass is 712 g/mol. The zero-order chi connectivity index (χ0) is 44.7. The lowest BCUT2D eigenvalue weighted by molar-refractivity contribution is 0.673. The third-order valence-corrected chi connectivity index (χ3v) is 10.5. The van der Waals surface area contributed by atoms with Crippen molar-refractivity contribution in [1.29, 1.82) is 0 Å². The second-order valence-electron chi connectivity index (χ2n) is 13.4. The first-order valence-electron chi connectivity index (χ1n) is 22.8. The molecule has 0 radical (unpaired) electrons. The van der Waals surface area contributed by atoms with Gasteiger partial charge in [-0.25, -0.2) is 9.97 Å². The van der Waals surface area contributed by atoms with Crippen molar-refractivity contribution in [3.8, 4) is 34.0 Å². The molecule has 5 nitrogen and oxygen atoms in total. The van der Waals surface area contributed by atoms with Gasteiger partial charge < -0.3 is 8.98 Å². The van der Waals surface area contributed by atoms with Crippen LogP contribution < -0.4 is 0 Å². The van der Waals surface area contributed by atoms with E-state index in [4.69, 9.17) is 28.1 Å². The van der Waals surface area contributed by atoms with Crippen molar-refractivity contribution in [3.63, 3.8) is 0 Å². The van der Waals surface area contributed by atoms with E-state index in [1.54, 1.807) is 16.7 Å². The summed E-state index contributed by atoms with van der Waals surface area (Å²) in [6.45, 7) is 0. The molecule has 5 heteroatoms. The molecular formula is C50H30N4O. The number of rotatable bonds is 4. The first kappa shape index (κ1) is 21.9. The molecule has 4 aromatic heterocycles. The fourth-order valence-corrected chi connectivity index (χ4v) is 8.15. The van der Waals surface area contributed by atoms with E-state index in [0.29, 0.717) is 27.5 Å². The zero-order valence-corrected chi connectivity index (χ0v) is 28.7. The summed E-state index contributed by atoms with van der Waals surface area (Å²) in [5.74, 6) is 0.232. The third kappa shape index (κ3) is 4.41. The maximum atomic E-state index is 8.90. The molecular weight excluding hydrogens is 673 g/mol. The van der Waals surface area contributed by atoms with Crippen molar-refractivity contribution < 1.29 is 18.1 Å². The maximum absolute atomic E-state index is 8.90. The van der Waals surface area contributed by atoms with E-state index < -0.39 is 36.3 Å². The SMILES string of the molecule is [2H]c1c([2H])c([2H])c(-c2nc(-n3c4ccc(-c5ccc6c(c5)c5ccccc5n6-c5c([2H])c([2H])c([2H])c([2H])c5[2H])cc4c4c5oc6ccccc6c5ccc43)nc3ccccc23)c([2H])c1[2H]. The summed E-state index contributed by atoms with van der Waals surface area (Å²) >= 11 is 0. The first-order valence-corrected chi connectivity index (χ1v) is 17.8. The first-order chi connectivity index (χ1) is 31.4. The van der Waals surface area contributed by atoms with Gasteiger partial charge in [0.2, 0.25) is 5.95 Å². The molecule has 0 N–H and O–H groups in total. The van der Waals surface area contributed by atoms with Crippen LogP contribution in [0.2, 0.25) is 0 Å². The normalized spacial score (nSPS) is 14.5. The molecule has 12 aromatic rings. The summed E-state index contributed by atoms with van der Waals surface area (Å²) in [6.07, 6.45) is 0. The summed E-state index contributed by atoms with van der Waals surface area (Å²) in [4.78, 5) is 10.1. The van der Waals surface area contributed by atoms with Gasteiger partial charge >= 0.3 is 0 Å². The Morgan fingerprint density at radius 2 is 1.09 bits per heavy atom. The number of fused-ring (bicyclic) bond motifs is 11. The highest BCUT2D eigenvalue weighted by molar-refractivity contribution is 6.24. The Morgan fingerprint density at radius 3 is 1.91 bits per heavy atom. The van der Waals surface area contributed by atoms with Crippen molar-refractivity contribution >= 4 is 76.5 Å². The highest BCUT2D eigenvalue weighted by atomic mass is 16.3. The van der Waals surface area contributed by atoms with E-state index in [9.17, 15) is 0 Å². The maximum Gasteiger partial charge on any atom is 0.235 e. The van der Waals surface area contributed by atoms with Crippen molar-refractivity contribution in [2.45, 2.75) is 0 Å². The van der Waals surface area contributed by atoms with E-state index in [1.807, 2.05) is 102 Å². The van der Waals surface area contributed by atoms with Crippen molar-refractivity contribution in [2.75, 3.05) is 0 Å². The predicted molar refractivity (Wildman–Crippen MR) is 226 cm³/mol. The number of furan rings is 1. The topological polar surface area (TPSA) is 48.8 Å². The Labute approximate surface area is 329 Å². The molecule has 0 unspecified atom stereocenters. The number of hydrogen-bond acceptors (Lipinski definition) is 3. The van der Waals surface area contributed by atoms with Gasteiger partial charge in [0, 0.05) is 43.6 Å². The molecule has 256 valence electrons. The van der Waals surface area contributed by atoms with Crippen LogP contribution in [0.5, 0.6) is 0 Å². The van der Waals surface area contributed by atoms with E-state index in [2.05, 4.69) is 12.1 Å². The minimum atomic E-state index is -0.491. The number of para-hydroxylation sites is 4. The van der Waals surface area contributed by atoms with Crippen LogP contribution in [0.15, 0.2) is 186 Å². The minimum absolute atomic E-state index is 0.0260. The molecule has 55 heavy (non-hydrogen) atoms. The van der Waals surface area contributed by atoms with E-state index in [0.717, 1.165) is 60.1 Å². The van der Waals surface area contributed by atoms with E-state index in [1.165, 1.54) is 0 Å². The average molecular weight is 713 g/mol. The summed E-state index contributed by atoms with van der Waals surface area (Å²) < 4.78 is 96.0. The Hall–Kier alpha value is -7.50. The molecule has 0 fully saturated rings. The molecule has 0 amide bonds. The number of aromatic nitrogens is 4. The van der Waals surface area contributed by atoms with Crippen molar-refractivity contribution in [2.24, 2.45) is 0 Å².